The molecule has 0 saturated carbocycles. The zero-order valence-electron chi connectivity index (χ0n) is 15.3. The highest BCUT2D eigenvalue weighted by Crippen LogP contribution is 2.17. The van der Waals surface area contributed by atoms with E-state index in [-0.39, 0.29) is 36.8 Å². The van der Waals surface area contributed by atoms with Crippen molar-refractivity contribution < 1.29 is 14.3 Å². The Labute approximate surface area is 168 Å². The van der Waals surface area contributed by atoms with Gasteiger partial charge in [0, 0.05) is 44.2 Å². The third-order valence-corrected chi connectivity index (χ3v) is 4.04. The number of nitrogens with one attached hydrogen (secondary N) is 1. The molecule has 0 aromatic heterocycles. The van der Waals surface area contributed by atoms with Gasteiger partial charge in [-0.2, -0.15) is 0 Å². The molecule has 0 bridgehead atoms. The predicted molar refractivity (Wildman–Crippen MR) is 108 cm³/mol. The summed E-state index contributed by atoms with van der Waals surface area (Å²) < 4.78 is 11.3. The predicted octanol–water partition coefficient (Wildman–Crippen LogP) is 1.98. The molecule has 1 saturated heterocycles. The molecule has 3 N–H and O–H groups in total. The number of carbonyl (C=O) groups excluding carboxylic acids is 1. The van der Waals surface area contributed by atoms with E-state index in [0.717, 1.165) is 44.2 Å². The van der Waals surface area contributed by atoms with Gasteiger partial charge in [-0.3, -0.25) is 9.69 Å². The summed E-state index contributed by atoms with van der Waals surface area (Å²) in [4.78, 5) is 14.2. The molecule has 1 aliphatic heterocycles. The first kappa shape index (κ1) is 24.9. The number of hydrogen-bond donors (Lipinski definition) is 2. The van der Waals surface area contributed by atoms with Gasteiger partial charge in [0.15, 0.2) is 0 Å². The average molecular weight is 408 g/mol. The standard InChI is InChI=1S/C18H29N3O3.2ClH/c1-15(19)6-7-18(22)20-14-16-4-2-3-5-17(16)24-13-10-21-8-11-23-12-9-21;;/h2-5,15H,6-14,19H2,1H3,(H,20,22);2*1H. The van der Waals surface area contributed by atoms with Gasteiger partial charge in [-0.25, -0.2) is 0 Å². The SMILES string of the molecule is CC(N)CCC(=O)NCc1ccccc1OCCN1CCOCC1.Cl.Cl. The highest BCUT2D eigenvalue weighted by molar-refractivity contribution is 5.85. The van der Waals surface area contributed by atoms with Crippen LogP contribution in [0.3, 0.4) is 0 Å². The van der Waals surface area contributed by atoms with E-state index in [1.165, 1.54) is 0 Å². The number of halogens is 2. The van der Waals surface area contributed by atoms with E-state index in [1.807, 2.05) is 31.2 Å². The van der Waals surface area contributed by atoms with Crippen molar-refractivity contribution in [2.75, 3.05) is 39.5 Å². The first-order valence-electron chi connectivity index (χ1n) is 8.68. The molecule has 0 radical (unpaired) electrons. The minimum atomic E-state index is 0. The normalized spacial score (nSPS) is 15.3. The molecule has 1 aromatic rings. The lowest BCUT2D eigenvalue weighted by molar-refractivity contribution is -0.121. The van der Waals surface area contributed by atoms with Crippen LogP contribution in [0.25, 0.3) is 0 Å². The topological polar surface area (TPSA) is 76.8 Å². The molecule has 1 heterocycles. The van der Waals surface area contributed by atoms with E-state index >= 15 is 0 Å². The minimum absolute atomic E-state index is 0. The number of para-hydroxylation sites is 1. The zero-order chi connectivity index (χ0) is 17.2. The van der Waals surface area contributed by atoms with Gasteiger partial charge in [0.05, 0.1) is 13.2 Å². The van der Waals surface area contributed by atoms with Gasteiger partial charge in [0.1, 0.15) is 12.4 Å². The van der Waals surface area contributed by atoms with Crippen molar-refractivity contribution in [3.63, 3.8) is 0 Å². The highest BCUT2D eigenvalue weighted by atomic mass is 35.5. The third kappa shape index (κ3) is 9.59. The zero-order valence-corrected chi connectivity index (χ0v) is 16.9. The van der Waals surface area contributed by atoms with Crippen molar-refractivity contribution in [1.29, 1.82) is 0 Å². The summed E-state index contributed by atoms with van der Waals surface area (Å²) >= 11 is 0. The minimum Gasteiger partial charge on any atom is -0.492 e. The van der Waals surface area contributed by atoms with Gasteiger partial charge >= 0.3 is 0 Å². The van der Waals surface area contributed by atoms with Gasteiger partial charge in [0.25, 0.3) is 0 Å². The van der Waals surface area contributed by atoms with E-state index < -0.39 is 0 Å². The lowest BCUT2D eigenvalue weighted by Gasteiger charge is -2.26. The Morgan fingerprint density at radius 2 is 2.00 bits per heavy atom. The molecule has 1 fully saturated rings. The molecule has 1 aromatic carbocycles. The van der Waals surface area contributed by atoms with E-state index in [1.54, 1.807) is 0 Å². The summed E-state index contributed by atoms with van der Waals surface area (Å²) in [6, 6.07) is 7.88. The van der Waals surface area contributed by atoms with Gasteiger partial charge in [0.2, 0.25) is 5.91 Å². The van der Waals surface area contributed by atoms with Crippen LogP contribution in [0.15, 0.2) is 24.3 Å². The van der Waals surface area contributed by atoms with Crippen LogP contribution in [0.2, 0.25) is 0 Å². The van der Waals surface area contributed by atoms with E-state index in [0.29, 0.717) is 26.0 Å². The first-order valence-corrected chi connectivity index (χ1v) is 8.68. The molecule has 0 aliphatic carbocycles. The van der Waals surface area contributed by atoms with Crippen molar-refractivity contribution >= 4 is 30.7 Å². The second-order valence-corrected chi connectivity index (χ2v) is 6.20. The monoisotopic (exact) mass is 407 g/mol. The van der Waals surface area contributed by atoms with Crippen LogP contribution in [-0.4, -0.2) is 56.3 Å². The fourth-order valence-corrected chi connectivity index (χ4v) is 2.54. The van der Waals surface area contributed by atoms with E-state index in [9.17, 15) is 4.79 Å². The average Bonchev–Trinajstić information content (AvgIpc) is 2.60. The van der Waals surface area contributed by atoms with Crippen LogP contribution in [0.5, 0.6) is 5.75 Å². The maximum Gasteiger partial charge on any atom is 0.220 e. The molecule has 2 rings (SSSR count). The fourth-order valence-electron chi connectivity index (χ4n) is 2.54. The Morgan fingerprint density at radius 1 is 1.31 bits per heavy atom. The quantitative estimate of drug-likeness (QED) is 0.654. The molecule has 1 atom stereocenters. The van der Waals surface area contributed by atoms with Crippen molar-refractivity contribution in [2.45, 2.75) is 32.4 Å². The summed E-state index contributed by atoms with van der Waals surface area (Å²) in [7, 11) is 0. The number of benzene rings is 1. The number of ether oxygens (including phenoxy) is 2. The van der Waals surface area contributed by atoms with Crippen molar-refractivity contribution in [2.24, 2.45) is 5.73 Å². The van der Waals surface area contributed by atoms with Crippen molar-refractivity contribution in [3.05, 3.63) is 29.8 Å². The number of hydrogen-bond acceptors (Lipinski definition) is 5. The molecular formula is C18H31Cl2N3O3. The van der Waals surface area contributed by atoms with Crippen LogP contribution in [0.1, 0.15) is 25.3 Å². The second kappa shape index (κ2) is 14.1. The summed E-state index contributed by atoms with van der Waals surface area (Å²) in [5, 5.41) is 2.93. The largest absolute Gasteiger partial charge is 0.492 e. The highest BCUT2D eigenvalue weighted by Gasteiger charge is 2.11. The molecule has 6 nitrogen and oxygen atoms in total. The fraction of sp³-hybridized carbons (Fsp3) is 0.611. The number of carbonyl (C=O) groups is 1. The molecule has 0 spiro atoms. The van der Waals surface area contributed by atoms with Crippen LogP contribution in [0, 0.1) is 0 Å². The number of nitrogens with two attached hydrogens (primary N) is 1. The van der Waals surface area contributed by atoms with Crippen molar-refractivity contribution in [1.82, 2.24) is 10.2 Å². The molecule has 1 aliphatic rings. The van der Waals surface area contributed by atoms with Crippen LogP contribution >= 0.6 is 24.8 Å². The Balaban J connectivity index is 0.00000312. The molecule has 26 heavy (non-hydrogen) atoms. The Morgan fingerprint density at radius 3 is 2.69 bits per heavy atom. The Bertz CT molecular complexity index is 512. The number of morpholine rings is 1. The molecule has 1 unspecified atom stereocenters. The first-order chi connectivity index (χ1) is 11.6. The van der Waals surface area contributed by atoms with Gasteiger partial charge in [-0.05, 0) is 19.4 Å². The lowest BCUT2D eigenvalue weighted by atomic mass is 10.1. The number of amides is 1. The van der Waals surface area contributed by atoms with Crippen LogP contribution in [0.4, 0.5) is 0 Å². The smallest absolute Gasteiger partial charge is 0.220 e. The second-order valence-electron chi connectivity index (χ2n) is 6.20. The van der Waals surface area contributed by atoms with Gasteiger partial charge in [-0.1, -0.05) is 18.2 Å². The van der Waals surface area contributed by atoms with E-state index in [4.69, 9.17) is 15.2 Å². The number of rotatable bonds is 9. The lowest BCUT2D eigenvalue weighted by Crippen LogP contribution is -2.38. The summed E-state index contributed by atoms with van der Waals surface area (Å²) in [6.45, 7) is 7.42. The Hall–Kier alpha value is -1.05. The molecule has 1 amide bonds. The summed E-state index contributed by atoms with van der Waals surface area (Å²) in [6.07, 6.45) is 1.15. The van der Waals surface area contributed by atoms with Crippen LogP contribution in [-0.2, 0) is 16.1 Å². The third-order valence-electron chi connectivity index (χ3n) is 4.04. The van der Waals surface area contributed by atoms with Crippen molar-refractivity contribution in [3.8, 4) is 5.75 Å². The summed E-state index contributed by atoms with van der Waals surface area (Å²) in [5.41, 5.74) is 6.67. The Kier molecular flexibility index (Phi) is 13.5. The molecule has 8 heteroatoms. The van der Waals surface area contributed by atoms with E-state index in [2.05, 4.69) is 10.2 Å². The van der Waals surface area contributed by atoms with Gasteiger partial charge < -0.3 is 20.5 Å². The molecule has 150 valence electrons. The maximum atomic E-state index is 11.8. The number of nitrogens with zero attached hydrogens (tertiary/aromatic N) is 1. The summed E-state index contributed by atoms with van der Waals surface area (Å²) in [5.74, 6) is 0.855. The maximum absolute atomic E-state index is 11.8. The molecular weight excluding hydrogens is 377 g/mol. The van der Waals surface area contributed by atoms with Gasteiger partial charge in [-0.15, -0.1) is 24.8 Å². The van der Waals surface area contributed by atoms with Crippen LogP contribution < -0.4 is 15.8 Å².